The van der Waals surface area contributed by atoms with Crippen molar-refractivity contribution >= 4 is 33.6 Å². The van der Waals surface area contributed by atoms with Gasteiger partial charge in [0.1, 0.15) is 29.1 Å². The highest BCUT2D eigenvalue weighted by Gasteiger charge is 2.11. The molecular formula is C23H18N4O3. The van der Waals surface area contributed by atoms with Crippen LogP contribution in [-0.4, -0.2) is 20.4 Å². The first-order valence-electron chi connectivity index (χ1n) is 9.47. The Morgan fingerprint density at radius 2 is 1.93 bits per heavy atom. The number of hydrogen-bond acceptors (Lipinski definition) is 5. The van der Waals surface area contributed by atoms with E-state index in [9.17, 15) is 4.79 Å². The molecule has 1 N–H and O–H groups in total. The van der Waals surface area contributed by atoms with Gasteiger partial charge in [0.05, 0.1) is 11.8 Å². The number of amides is 1. The van der Waals surface area contributed by atoms with E-state index in [0.29, 0.717) is 23.1 Å². The van der Waals surface area contributed by atoms with Gasteiger partial charge in [0.15, 0.2) is 0 Å². The number of benzene rings is 2. The summed E-state index contributed by atoms with van der Waals surface area (Å²) in [6.45, 7) is 0. The second-order valence-electron chi connectivity index (χ2n) is 6.94. The highest BCUT2D eigenvalue weighted by Crippen LogP contribution is 2.27. The fourth-order valence-corrected chi connectivity index (χ4v) is 3.34. The molecule has 5 rings (SSSR count). The third-order valence-corrected chi connectivity index (χ3v) is 4.79. The molecule has 0 aliphatic heterocycles. The van der Waals surface area contributed by atoms with Crippen LogP contribution in [-0.2, 0) is 18.3 Å². The number of nitrogens with zero attached hydrogens (tertiary/aromatic N) is 3. The molecule has 0 bridgehead atoms. The molecule has 30 heavy (non-hydrogen) atoms. The minimum Gasteiger partial charge on any atom is -0.461 e. The lowest BCUT2D eigenvalue weighted by Gasteiger charge is -2.08. The first-order chi connectivity index (χ1) is 14.7. The molecular weight excluding hydrogens is 380 g/mol. The van der Waals surface area contributed by atoms with Crippen LogP contribution in [0.2, 0.25) is 0 Å². The monoisotopic (exact) mass is 398 g/mol. The van der Waals surface area contributed by atoms with Crippen molar-refractivity contribution in [3.8, 4) is 11.6 Å². The summed E-state index contributed by atoms with van der Waals surface area (Å²) in [6.07, 6.45) is 3.55. The van der Waals surface area contributed by atoms with Crippen molar-refractivity contribution < 1.29 is 13.9 Å². The first kappa shape index (κ1) is 17.9. The van der Waals surface area contributed by atoms with E-state index in [1.807, 2.05) is 54.2 Å². The SMILES string of the molecule is Cn1ccc2c(Oc3ccc(NC(=O)Cc4cc5ccccc5o4)cc3)ncnc21. The van der Waals surface area contributed by atoms with Crippen LogP contribution in [0.25, 0.3) is 22.0 Å². The summed E-state index contributed by atoms with van der Waals surface area (Å²) >= 11 is 0. The zero-order valence-electron chi connectivity index (χ0n) is 16.2. The molecule has 0 aliphatic rings. The number of para-hydroxylation sites is 1. The Bertz CT molecular complexity index is 1320. The summed E-state index contributed by atoms with van der Waals surface area (Å²) in [5.41, 5.74) is 2.25. The predicted molar refractivity (Wildman–Crippen MR) is 114 cm³/mol. The summed E-state index contributed by atoms with van der Waals surface area (Å²) in [7, 11) is 1.92. The first-order valence-corrected chi connectivity index (χ1v) is 9.47. The molecule has 148 valence electrons. The molecule has 3 aromatic heterocycles. The highest BCUT2D eigenvalue weighted by atomic mass is 16.5. The lowest BCUT2D eigenvalue weighted by atomic mass is 10.2. The maximum Gasteiger partial charge on any atom is 0.231 e. The second kappa shape index (κ2) is 7.36. The number of rotatable bonds is 5. The zero-order valence-corrected chi connectivity index (χ0v) is 16.2. The highest BCUT2D eigenvalue weighted by molar-refractivity contribution is 5.92. The minimum absolute atomic E-state index is 0.149. The quantitative estimate of drug-likeness (QED) is 0.464. The predicted octanol–water partition coefficient (Wildman–Crippen LogP) is 4.69. The Morgan fingerprint density at radius 1 is 1.10 bits per heavy atom. The van der Waals surface area contributed by atoms with E-state index in [4.69, 9.17) is 9.15 Å². The molecule has 7 heteroatoms. The lowest BCUT2D eigenvalue weighted by molar-refractivity contribution is -0.115. The summed E-state index contributed by atoms with van der Waals surface area (Å²) in [5.74, 6) is 1.59. The number of hydrogen-bond donors (Lipinski definition) is 1. The molecule has 3 heterocycles. The Morgan fingerprint density at radius 3 is 2.77 bits per heavy atom. The van der Waals surface area contributed by atoms with Gasteiger partial charge in [-0.15, -0.1) is 0 Å². The number of aromatic nitrogens is 3. The largest absolute Gasteiger partial charge is 0.461 e. The van der Waals surface area contributed by atoms with Crippen molar-refractivity contribution in [1.29, 1.82) is 0 Å². The van der Waals surface area contributed by atoms with Crippen LogP contribution in [0.15, 0.2) is 77.6 Å². The van der Waals surface area contributed by atoms with E-state index in [1.54, 1.807) is 24.3 Å². The number of furan rings is 1. The standard InChI is InChI=1S/C23H18N4O3/c1-27-11-10-19-22(27)24-14-25-23(19)30-17-8-6-16(7-9-17)26-21(28)13-18-12-15-4-2-3-5-20(15)29-18/h2-12,14H,13H2,1H3,(H,26,28). The Hall–Kier alpha value is -4.13. The smallest absolute Gasteiger partial charge is 0.231 e. The molecule has 0 fully saturated rings. The van der Waals surface area contributed by atoms with Gasteiger partial charge < -0.3 is 19.0 Å². The Kier molecular flexibility index (Phi) is 4.40. The average Bonchev–Trinajstić information content (AvgIpc) is 3.33. The van der Waals surface area contributed by atoms with Gasteiger partial charge in [-0.05, 0) is 42.5 Å². The second-order valence-corrected chi connectivity index (χ2v) is 6.94. The van der Waals surface area contributed by atoms with E-state index in [0.717, 1.165) is 22.0 Å². The molecule has 0 saturated carbocycles. The summed E-state index contributed by atoms with van der Waals surface area (Å²) in [4.78, 5) is 20.8. The fraction of sp³-hybridized carbons (Fsp3) is 0.0870. The maximum absolute atomic E-state index is 12.4. The van der Waals surface area contributed by atoms with E-state index >= 15 is 0 Å². The van der Waals surface area contributed by atoms with Crippen LogP contribution in [0.3, 0.4) is 0 Å². The molecule has 0 saturated heterocycles. The number of anilines is 1. The van der Waals surface area contributed by atoms with Gasteiger partial charge >= 0.3 is 0 Å². The molecule has 5 aromatic rings. The van der Waals surface area contributed by atoms with E-state index in [2.05, 4.69) is 15.3 Å². The van der Waals surface area contributed by atoms with Crippen LogP contribution in [0, 0.1) is 0 Å². The topological polar surface area (TPSA) is 82.2 Å². The molecule has 0 atom stereocenters. The molecule has 2 aromatic carbocycles. The molecule has 0 aliphatic carbocycles. The van der Waals surface area contributed by atoms with Crippen LogP contribution >= 0.6 is 0 Å². The minimum atomic E-state index is -0.149. The van der Waals surface area contributed by atoms with Gasteiger partial charge in [-0.1, -0.05) is 18.2 Å². The number of carbonyl (C=O) groups is 1. The summed E-state index contributed by atoms with van der Waals surface area (Å²) in [5, 5.41) is 4.70. The van der Waals surface area contributed by atoms with Crippen LogP contribution in [0.4, 0.5) is 5.69 Å². The summed E-state index contributed by atoms with van der Waals surface area (Å²) < 4.78 is 13.5. The van der Waals surface area contributed by atoms with Gasteiger partial charge in [0, 0.05) is 24.3 Å². The Labute approximate surface area is 171 Å². The molecule has 0 radical (unpaired) electrons. The molecule has 1 amide bonds. The number of ether oxygens (including phenoxy) is 1. The lowest BCUT2D eigenvalue weighted by Crippen LogP contribution is -2.13. The molecule has 0 spiro atoms. The van der Waals surface area contributed by atoms with Crippen molar-refractivity contribution in [3.05, 3.63) is 78.9 Å². The third kappa shape index (κ3) is 3.48. The van der Waals surface area contributed by atoms with E-state index in [1.165, 1.54) is 6.33 Å². The van der Waals surface area contributed by atoms with Gasteiger partial charge in [-0.25, -0.2) is 9.97 Å². The normalized spacial score (nSPS) is 11.1. The number of carbonyl (C=O) groups excluding carboxylic acids is 1. The number of nitrogens with one attached hydrogen (secondary N) is 1. The average molecular weight is 398 g/mol. The van der Waals surface area contributed by atoms with Crippen molar-refractivity contribution in [1.82, 2.24) is 14.5 Å². The molecule has 7 nitrogen and oxygen atoms in total. The van der Waals surface area contributed by atoms with Crippen LogP contribution < -0.4 is 10.1 Å². The van der Waals surface area contributed by atoms with Gasteiger partial charge in [-0.2, -0.15) is 0 Å². The van der Waals surface area contributed by atoms with Crippen molar-refractivity contribution in [3.63, 3.8) is 0 Å². The zero-order chi connectivity index (χ0) is 20.5. The van der Waals surface area contributed by atoms with Crippen LogP contribution in [0.1, 0.15) is 5.76 Å². The van der Waals surface area contributed by atoms with Crippen molar-refractivity contribution in [2.75, 3.05) is 5.32 Å². The van der Waals surface area contributed by atoms with Gasteiger partial charge in [-0.3, -0.25) is 4.79 Å². The van der Waals surface area contributed by atoms with E-state index in [-0.39, 0.29) is 12.3 Å². The van der Waals surface area contributed by atoms with Crippen LogP contribution in [0.5, 0.6) is 11.6 Å². The van der Waals surface area contributed by atoms with E-state index < -0.39 is 0 Å². The van der Waals surface area contributed by atoms with Crippen molar-refractivity contribution in [2.45, 2.75) is 6.42 Å². The Balaban J connectivity index is 1.26. The molecule has 0 unspecified atom stereocenters. The maximum atomic E-state index is 12.4. The number of fused-ring (bicyclic) bond motifs is 2. The number of aryl methyl sites for hydroxylation is 1. The van der Waals surface area contributed by atoms with Gasteiger partial charge in [0.2, 0.25) is 11.8 Å². The summed E-state index contributed by atoms with van der Waals surface area (Å²) in [6, 6.07) is 18.6. The third-order valence-electron chi connectivity index (χ3n) is 4.79. The fourth-order valence-electron chi connectivity index (χ4n) is 3.34. The van der Waals surface area contributed by atoms with Gasteiger partial charge in [0.25, 0.3) is 0 Å². The van der Waals surface area contributed by atoms with Crippen molar-refractivity contribution in [2.24, 2.45) is 7.05 Å².